The van der Waals surface area contributed by atoms with E-state index in [-0.39, 0.29) is 0 Å². The van der Waals surface area contributed by atoms with Crippen molar-refractivity contribution < 1.29 is 4.42 Å². The largest absolute Gasteiger partial charge is 0.468 e. The van der Waals surface area contributed by atoms with Gasteiger partial charge in [-0.05, 0) is 25.9 Å². The number of rotatable bonds is 5. The predicted molar refractivity (Wildman–Crippen MR) is 57.9 cm³/mol. The van der Waals surface area contributed by atoms with Crippen molar-refractivity contribution >= 4 is 11.8 Å². The van der Waals surface area contributed by atoms with E-state index in [4.69, 9.17) is 4.42 Å². The fourth-order valence-corrected chi connectivity index (χ4v) is 1.81. The van der Waals surface area contributed by atoms with Gasteiger partial charge < -0.3 is 9.32 Å². The normalized spacial score (nSPS) is 11.1. The van der Waals surface area contributed by atoms with E-state index < -0.39 is 0 Å². The zero-order valence-electron chi connectivity index (χ0n) is 8.54. The van der Waals surface area contributed by atoms with Crippen LogP contribution in [0.25, 0.3) is 0 Å². The number of nitrogens with zero attached hydrogens (tertiary/aromatic N) is 1. The van der Waals surface area contributed by atoms with Gasteiger partial charge in [0.1, 0.15) is 5.76 Å². The van der Waals surface area contributed by atoms with Gasteiger partial charge in [0.2, 0.25) is 0 Å². The first-order valence-electron chi connectivity index (χ1n) is 4.51. The van der Waals surface area contributed by atoms with Crippen LogP contribution in [0.2, 0.25) is 0 Å². The molecule has 2 nitrogen and oxygen atoms in total. The molecular weight excluding hydrogens is 182 g/mol. The summed E-state index contributed by atoms with van der Waals surface area (Å²) in [6.07, 6.45) is 1.78. The molecule has 0 aliphatic carbocycles. The lowest BCUT2D eigenvalue weighted by atomic mass is 10.3. The van der Waals surface area contributed by atoms with Gasteiger partial charge in [0.25, 0.3) is 0 Å². The van der Waals surface area contributed by atoms with Crippen LogP contribution in [0.5, 0.6) is 0 Å². The Labute approximate surface area is 84.3 Å². The fourth-order valence-electron chi connectivity index (χ4n) is 1.13. The zero-order valence-corrected chi connectivity index (χ0v) is 9.36. The smallest absolute Gasteiger partial charge is 0.121 e. The third kappa shape index (κ3) is 3.44. The molecule has 0 spiro atoms. The summed E-state index contributed by atoms with van der Waals surface area (Å²) in [5.41, 5.74) is 1.33. The topological polar surface area (TPSA) is 16.4 Å². The van der Waals surface area contributed by atoms with Crippen molar-refractivity contribution in [1.82, 2.24) is 4.90 Å². The van der Waals surface area contributed by atoms with Gasteiger partial charge in [0.15, 0.2) is 0 Å². The summed E-state index contributed by atoms with van der Waals surface area (Å²) in [5.74, 6) is 3.33. The van der Waals surface area contributed by atoms with Crippen LogP contribution in [0.1, 0.15) is 18.2 Å². The Morgan fingerprint density at radius 1 is 1.46 bits per heavy atom. The molecule has 13 heavy (non-hydrogen) atoms. The molecule has 1 aromatic rings. The summed E-state index contributed by atoms with van der Waals surface area (Å²) in [6.45, 7) is 3.07. The van der Waals surface area contributed by atoms with Crippen molar-refractivity contribution in [2.24, 2.45) is 0 Å². The highest BCUT2D eigenvalue weighted by Crippen LogP contribution is 2.18. The van der Waals surface area contributed by atoms with Crippen LogP contribution in [0, 0.1) is 0 Å². The number of hydrogen-bond acceptors (Lipinski definition) is 3. The third-order valence-corrected chi connectivity index (χ3v) is 2.68. The Kier molecular flexibility index (Phi) is 4.39. The standard InChI is InChI=1S/C10H17NOS/c1-4-13-8-9-5-6-12-10(9)7-11(2)3/h5-6H,4,7-8H2,1-3H3. The van der Waals surface area contributed by atoms with Crippen molar-refractivity contribution in [2.75, 3.05) is 19.8 Å². The van der Waals surface area contributed by atoms with Crippen LogP contribution in [-0.2, 0) is 12.3 Å². The van der Waals surface area contributed by atoms with Crippen LogP contribution >= 0.6 is 11.8 Å². The summed E-state index contributed by atoms with van der Waals surface area (Å²) in [7, 11) is 4.11. The summed E-state index contributed by atoms with van der Waals surface area (Å²) < 4.78 is 5.42. The first kappa shape index (κ1) is 10.7. The van der Waals surface area contributed by atoms with E-state index in [1.807, 2.05) is 11.8 Å². The third-order valence-electron chi connectivity index (χ3n) is 1.76. The Hall–Kier alpha value is -0.410. The highest BCUT2D eigenvalue weighted by molar-refractivity contribution is 7.98. The molecule has 1 rings (SSSR count). The second kappa shape index (κ2) is 5.35. The maximum Gasteiger partial charge on any atom is 0.121 e. The minimum atomic E-state index is 0.895. The fraction of sp³-hybridized carbons (Fsp3) is 0.600. The summed E-state index contributed by atoms with van der Waals surface area (Å²) in [5, 5.41) is 0. The van der Waals surface area contributed by atoms with E-state index in [1.54, 1.807) is 6.26 Å². The Bertz CT molecular complexity index is 245. The van der Waals surface area contributed by atoms with E-state index >= 15 is 0 Å². The van der Waals surface area contributed by atoms with Crippen molar-refractivity contribution in [3.63, 3.8) is 0 Å². The molecule has 0 bridgehead atoms. The van der Waals surface area contributed by atoms with Crippen LogP contribution in [0.4, 0.5) is 0 Å². The van der Waals surface area contributed by atoms with Gasteiger partial charge >= 0.3 is 0 Å². The molecule has 74 valence electrons. The molecule has 0 atom stereocenters. The van der Waals surface area contributed by atoms with Crippen molar-refractivity contribution in [3.05, 3.63) is 23.7 Å². The van der Waals surface area contributed by atoms with Crippen molar-refractivity contribution in [3.8, 4) is 0 Å². The molecule has 1 heterocycles. The van der Waals surface area contributed by atoms with Gasteiger partial charge in [-0.1, -0.05) is 6.92 Å². The lowest BCUT2D eigenvalue weighted by Gasteiger charge is -2.08. The predicted octanol–water partition coefficient (Wildman–Crippen LogP) is 2.59. The highest BCUT2D eigenvalue weighted by Gasteiger charge is 2.06. The van der Waals surface area contributed by atoms with Crippen molar-refractivity contribution in [2.45, 2.75) is 19.2 Å². The van der Waals surface area contributed by atoms with Crippen LogP contribution in [0.3, 0.4) is 0 Å². The lowest BCUT2D eigenvalue weighted by Crippen LogP contribution is -2.11. The summed E-state index contributed by atoms with van der Waals surface area (Å²) in [4.78, 5) is 2.12. The number of thioether (sulfide) groups is 1. The Balaban J connectivity index is 2.55. The minimum absolute atomic E-state index is 0.895. The number of hydrogen-bond donors (Lipinski definition) is 0. The maximum absolute atomic E-state index is 5.42. The zero-order chi connectivity index (χ0) is 9.68. The molecule has 3 heteroatoms. The molecule has 0 aromatic carbocycles. The van der Waals surface area contributed by atoms with E-state index in [1.165, 1.54) is 5.56 Å². The van der Waals surface area contributed by atoms with Crippen LogP contribution < -0.4 is 0 Å². The second-order valence-corrected chi connectivity index (χ2v) is 4.52. The van der Waals surface area contributed by atoms with Gasteiger partial charge in [0, 0.05) is 11.3 Å². The molecule has 0 radical (unpaired) electrons. The molecule has 0 unspecified atom stereocenters. The van der Waals surface area contributed by atoms with Crippen LogP contribution in [-0.4, -0.2) is 24.7 Å². The Morgan fingerprint density at radius 3 is 2.85 bits per heavy atom. The van der Waals surface area contributed by atoms with E-state index in [9.17, 15) is 0 Å². The maximum atomic E-state index is 5.42. The van der Waals surface area contributed by atoms with E-state index in [2.05, 4.69) is 32.0 Å². The molecule has 0 saturated carbocycles. The molecule has 0 aliphatic heterocycles. The molecule has 0 saturated heterocycles. The second-order valence-electron chi connectivity index (χ2n) is 3.24. The summed E-state index contributed by atoms with van der Waals surface area (Å²) in [6, 6.07) is 2.07. The molecular formula is C10H17NOS. The Morgan fingerprint density at radius 2 is 2.23 bits per heavy atom. The first-order valence-corrected chi connectivity index (χ1v) is 5.67. The minimum Gasteiger partial charge on any atom is -0.468 e. The number of furan rings is 1. The molecule has 0 N–H and O–H groups in total. The van der Waals surface area contributed by atoms with Gasteiger partial charge in [-0.25, -0.2) is 0 Å². The molecule has 1 aromatic heterocycles. The van der Waals surface area contributed by atoms with E-state index in [0.29, 0.717) is 0 Å². The SMILES string of the molecule is CCSCc1ccoc1CN(C)C. The van der Waals surface area contributed by atoms with Gasteiger partial charge in [-0.3, -0.25) is 0 Å². The first-order chi connectivity index (χ1) is 6.24. The lowest BCUT2D eigenvalue weighted by molar-refractivity contribution is 0.349. The monoisotopic (exact) mass is 199 g/mol. The highest BCUT2D eigenvalue weighted by atomic mass is 32.2. The average Bonchev–Trinajstić information content (AvgIpc) is 2.48. The van der Waals surface area contributed by atoms with Gasteiger partial charge in [0.05, 0.1) is 12.8 Å². The molecule has 0 aliphatic rings. The van der Waals surface area contributed by atoms with Crippen molar-refractivity contribution in [1.29, 1.82) is 0 Å². The molecule has 0 amide bonds. The average molecular weight is 199 g/mol. The van der Waals surface area contributed by atoms with Gasteiger partial charge in [-0.2, -0.15) is 11.8 Å². The summed E-state index contributed by atoms with van der Waals surface area (Å²) >= 11 is 1.93. The van der Waals surface area contributed by atoms with Gasteiger partial charge in [-0.15, -0.1) is 0 Å². The van der Waals surface area contributed by atoms with E-state index in [0.717, 1.165) is 23.8 Å². The molecule has 0 fully saturated rings. The quantitative estimate of drug-likeness (QED) is 0.725. The van der Waals surface area contributed by atoms with Crippen LogP contribution in [0.15, 0.2) is 16.7 Å².